The van der Waals surface area contributed by atoms with Crippen LogP contribution in [0.5, 0.6) is 0 Å². The van der Waals surface area contributed by atoms with Crippen LogP contribution in [0.4, 0.5) is 0 Å². The number of nitrogens with one attached hydrogen (secondary N) is 1. The van der Waals surface area contributed by atoms with Crippen molar-refractivity contribution in [1.82, 2.24) is 5.32 Å². The van der Waals surface area contributed by atoms with Crippen molar-refractivity contribution in [2.75, 3.05) is 7.05 Å². The second-order valence-corrected chi connectivity index (χ2v) is 4.32. The predicted molar refractivity (Wildman–Crippen MR) is 67.7 cm³/mol. The van der Waals surface area contributed by atoms with E-state index in [9.17, 15) is 0 Å². The number of para-hydroxylation sites is 1. The molecule has 1 atom stereocenters. The van der Waals surface area contributed by atoms with Gasteiger partial charge in [-0.15, -0.1) is 0 Å². The van der Waals surface area contributed by atoms with Crippen LogP contribution < -0.4 is 5.32 Å². The first-order chi connectivity index (χ1) is 7.77. The third-order valence-corrected chi connectivity index (χ3v) is 3.22. The second kappa shape index (κ2) is 4.71. The van der Waals surface area contributed by atoms with E-state index in [0.717, 1.165) is 18.5 Å². The van der Waals surface area contributed by atoms with Gasteiger partial charge in [-0.3, -0.25) is 0 Å². The molecule has 0 saturated carbocycles. The Hall–Kier alpha value is -1.28. The van der Waals surface area contributed by atoms with Crippen LogP contribution in [-0.2, 0) is 6.54 Å². The molecule has 0 amide bonds. The van der Waals surface area contributed by atoms with E-state index in [1.54, 1.807) is 0 Å². The molecule has 2 heteroatoms. The summed E-state index contributed by atoms with van der Waals surface area (Å²) >= 11 is 0. The van der Waals surface area contributed by atoms with E-state index >= 15 is 0 Å². The zero-order chi connectivity index (χ0) is 11.5. The molecule has 86 valence electrons. The zero-order valence-electron chi connectivity index (χ0n) is 10.2. The van der Waals surface area contributed by atoms with E-state index in [2.05, 4.69) is 37.4 Å². The fourth-order valence-electron chi connectivity index (χ4n) is 2.07. The summed E-state index contributed by atoms with van der Waals surface area (Å²) in [5, 5.41) is 4.41. The predicted octanol–water partition coefficient (Wildman–Crippen LogP) is 3.67. The minimum atomic E-state index is 0.553. The monoisotopic (exact) mass is 217 g/mol. The summed E-state index contributed by atoms with van der Waals surface area (Å²) in [6.45, 7) is 5.31. The molecule has 2 aromatic rings. The Morgan fingerprint density at radius 2 is 2.19 bits per heavy atom. The molecular formula is C14H19NO. The van der Waals surface area contributed by atoms with Crippen molar-refractivity contribution in [2.24, 2.45) is 0 Å². The highest BCUT2D eigenvalue weighted by Crippen LogP contribution is 2.30. The van der Waals surface area contributed by atoms with Crippen molar-refractivity contribution in [3.63, 3.8) is 0 Å². The average molecular weight is 217 g/mol. The van der Waals surface area contributed by atoms with Gasteiger partial charge in [0.15, 0.2) is 0 Å². The first kappa shape index (κ1) is 11.2. The first-order valence-electron chi connectivity index (χ1n) is 5.91. The highest BCUT2D eigenvalue weighted by Gasteiger charge is 2.12. The summed E-state index contributed by atoms with van der Waals surface area (Å²) in [7, 11) is 1.96. The molecule has 1 heterocycles. The molecule has 0 aliphatic carbocycles. The Morgan fingerprint density at radius 3 is 2.88 bits per heavy atom. The number of benzene rings is 1. The highest BCUT2D eigenvalue weighted by atomic mass is 16.3. The summed E-state index contributed by atoms with van der Waals surface area (Å²) in [4.78, 5) is 0. The van der Waals surface area contributed by atoms with Gasteiger partial charge in [0.1, 0.15) is 5.58 Å². The lowest BCUT2D eigenvalue weighted by molar-refractivity contribution is 0.595. The van der Waals surface area contributed by atoms with E-state index < -0.39 is 0 Å². The van der Waals surface area contributed by atoms with Crippen molar-refractivity contribution in [2.45, 2.75) is 32.7 Å². The molecule has 0 aliphatic heterocycles. The number of hydrogen-bond donors (Lipinski definition) is 1. The maximum atomic E-state index is 5.72. The molecule has 1 N–H and O–H groups in total. The SMILES string of the molecule is CCC(C)c1cccc2c(CNC)coc12. The van der Waals surface area contributed by atoms with Crippen LogP contribution in [0.25, 0.3) is 11.0 Å². The lowest BCUT2D eigenvalue weighted by Gasteiger charge is -2.09. The lowest BCUT2D eigenvalue weighted by atomic mass is 9.96. The van der Waals surface area contributed by atoms with E-state index in [0.29, 0.717) is 5.92 Å². The minimum Gasteiger partial charge on any atom is -0.464 e. The molecule has 0 radical (unpaired) electrons. The largest absolute Gasteiger partial charge is 0.464 e. The first-order valence-corrected chi connectivity index (χ1v) is 5.91. The van der Waals surface area contributed by atoms with Gasteiger partial charge in [-0.1, -0.05) is 32.0 Å². The van der Waals surface area contributed by atoms with Crippen molar-refractivity contribution in [3.8, 4) is 0 Å². The fraction of sp³-hybridized carbons (Fsp3) is 0.429. The third kappa shape index (κ3) is 1.85. The topological polar surface area (TPSA) is 25.2 Å². The Labute approximate surface area is 96.6 Å². The molecule has 2 rings (SSSR count). The van der Waals surface area contributed by atoms with Crippen LogP contribution in [-0.4, -0.2) is 7.05 Å². The smallest absolute Gasteiger partial charge is 0.137 e. The van der Waals surface area contributed by atoms with Crippen LogP contribution in [0.2, 0.25) is 0 Å². The molecule has 1 aromatic carbocycles. The average Bonchev–Trinajstić information content (AvgIpc) is 2.72. The summed E-state index contributed by atoms with van der Waals surface area (Å²) in [5.41, 5.74) is 3.62. The highest BCUT2D eigenvalue weighted by molar-refractivity contribution is 5.84. The molecule has 1 aromatic heterocycles. The van der Waals surface area contributed by atoms with Crippen LogP contribution in [0.3, 0.4) is 0 Å². The molecule has 0 fully saturated rings. The molecule has 1 unspecified atom stereocenters. The number of hydrogen-bond acceptors (Lipinski definition) is 2. The molecule has 0 aliphatic rings. The van der Waals surface area contributed by atoms with Crippen molar-refractivity contribution < 1.29 is 4.42 Å². The van der Waals surface area contributed by atoms with E-state index in [1.807, 2.05) is 13.3 Å². The van der Waals surface area contributed by atoms with Gasteiger partial charge in [-0.05, 0) is 24.9 Å². The maximum absolute atomic E-state index is 5.72. The number of furan rings is 1. The van der Waals surface area contributed by atoms with E-state index in [-0.39, 0.29) is 0 Å². The molecule has 0 saturated heterocycles. The Morgan fingerprint density at radius 1 is 1.38 bits per heavy atom. The van der Waals surface area contributed by atoms with Crippen molar-refractivity contribution in [1.29, 1.82) is 0 Å². The van der Waals surface area contributed by atoms with Crippen LogP contribution in [0.1, 0.15) is 37.3 Å². The lowest BCUT2D eigenvalue weighted by Crippen LogP contribution is -2.04. The van der Waals surface area contributed by atoms with Crippen LogP contribution in [0, 0.1) is 0 Å². The van der Waals surface area contributed by atoms with Crippen LogP contribution >= 0.6 is 0 Å². The second-order valence-electron chi connectivity index (χ2n) is 4.32. The summed E-state index contributed by atoms with van der Waals surface area (Å²) in [5.74, 6) is 0.553. The number of fused-ring (bicyclic) bond motifs is 1. The van der Waals surface area contributed by atoms with Crippen molar-refractivity contribution in [3.05, 3.63) is 35.6 Å². The molecule has 16 heavy (non-hydrogen) atoms. The normalized spacial score (nSPS) is 13.2. The Bertz CT molecular complexity index is 473. The van der Waals surface area contributed by atoms with Gasteiger partial charge >= 0.3 is 0 Å². The number of rotatable bonds is 4. The van der Waals surface area contributed by atoms with Crippen LogP contribution in [0.15, 0.2) is 28.9 Å². The Kier molecular flexibility index (Phi) is 3.30. The molecule has 0 spiro atoms. The molecular weight excluding hydrogens is 198 g/mol. The zero-order valence-corrected chi connectivity index (χ0v) is 10.2. The van der Waals surface area contributed by atoms with Gasteiger partial charge in [0.25, 0.3) is 0 Å². The fourth-order valence-corrected chi connectivity index (χ4v) is 2.07. The quantitative estimate of drug-likeness (QED) is 0.845. The molecule has 0 bridgehead atoms. The third-order valence-electron chi connectivity index (χ3n) is 3.22. The summed E-state index contributed by atoms with van der Waals surface area (Å²) in [6, 6.07) is 6.43. The van der Waals surface area contributed by atoms with Gasteiger partial charge < -0.3 is 9.73 Å². The van der Waals surface area contributed by atoms with Gasteiger partial charge in [-0.25, -0.2) is 0 Å². The van der Waals surface area contributed by atoms with Gasteiger partial charge in [0.2, 0.25) is 0 Å². The standard InChI is InChI=1S/C14H19NO/c1-4-10(2)12-6-5-7-13-11(8-15-3)9-16-14(12)13/h5-7,9-10,15H,4,8H2,1-3H3. The Balaban J connectivity index is 2.53. The van der Waals surface area contributed by atoms with Gasteiger partial charge in [-0.2, -0.15) is 0 Å². The maximum Gasteiger partial charge on any atom is 0.137 e. The van der Waals surface area contributed by atoms with E-state index in [1.165, 1.54) is 16.5 Å². The molecule has 2 nitrogen and oxygen atoms in total. The van der Waals surface area contributed by atoms with E-state index in [4.69, 9.17) is 4.42 Å². The minimum absolute atomic E-state index is 0.553. The van der Waals surface area contributed by atoms with Gasteiger partial charge in [0, 0.05) is 17.5 Å². The van der Waals surface area contributed by atoms with Gasteiger partial charge in [0.05, 0.1) is 6.26 Å². The van der Waals surface area contributed by atoms with Crippen molar-refractivity contribution >= 4 is 11.0 Å². The summed E-state index contributed by atoms with van der Waals surface area (Å²) in [6.07, 6.45) is 3.01. The summed E-state index contributed by atoms with van der Waals surface area (Å²) < 4.78 is 5.72.